The van der Waals surface area contributed by atoms with Crippen molar-refractivity contribution in [2.45, 2.75) is 174 Å². The Morgan fingerprint density at radius 3 is 1.37 bits per heavy atom. The van der Waals surface area contributed by atoms with Crippen LogP contribution in [0.2, 0.25) is 0 Å². The number of hydrogen-bond donors (Lipinski definition) is 0. The maximum Gasteiger partial charge on any atom is 0.142 e. The minimum atomic E-state index is 0.109. The number of ether oxygens (including phenoxy) is 2. The molecular formula is C32H62O3. The molecule has 0 aliphatic carbocycles. The first kappa shape index (κ1) is 34.3. The predicted octanol–water partition coefficient (Wildman–Crippen LogP) is 10.2. The van der Waals surface area contributed by atoms with Gasteiger partial charge in [-0.25, -0.2) is 0 Å². The van der Waals surface area contributed by atoms with Crippen LogP contribution in [-0.2, 0) is 14.3 Å². The van der Waals surface area contributed by atoms with Crippen molar-refractivity contribution >= 4 is 6.29 Å². The number of hydrogen-bond acceptors (Lipinski definition) is 3. The van der Waals surface area contributed by atoms with Gasteiger partial charge in [0, 0.05) is 14.2 Å². The lowest BCUT2D eigenvalue weighted by atomic mass is 9.96. The molecule has 0 amide bonds. The molecule has 0 aromatic heterocycles. The molecule has 0 rings (SSSR count). The first-order valence-corrected chi connectivity index (χ1v) is 15.4. The molecule has 0 saturated heterocycles. The summed E-state index contributed by atoms with van der Waals surface area (Å²) in [6.45, 7) is 4.50. The summed E-state index contributed by atoms with van der Waals surface area (Å²) >= 11 is 0. The highest BCUT2D eigenvalue weighted by Crippen LogP contribution is 2.22. The standard InChI is InChI=1S/C32H62O3/c1-5-7-9-10-11-12-13-14-15-16-17-18-19-20-21-23-25-31(34-3)32(35-4)27-26-30(28-29-33)24-22-8-6-2/h28-29,31-32H,5-27H2,1-4H3/b30-28+. The van der Waals surface area contributed by atoms with Crippen molar-refractivity contribution in [3.63, 3.8) is 0 Å². The van der Waals surface area contributed by atoms with E-state index >= 15 is 0 Å². The third-order valence-corrected chi connectivity index (χ3v) is 7.52. The lowest BCUT2D eigenvalue weighted by Crippen LogP contribution is -2.30. The fourth-order valence-electron chi connectivity index (χ4n) is 5.12. The van der Waals surface area contributed by atoms with E-state index in [1.54, 1.807) is 13.2 Å². The van der Waals surface area contributed by atoms with Gasteiger partial charge in [0.25, 0.3) is 0 Å². The summed E-state index contributed by atoms with van der Waals surface area (Å²) in [5, 5.41) is 0. The number of unbranched alkanes of at least 4 members (excludes halogenated alkanes) is 17. The molecule has 0 aromatic carbocycles. The Labute approximate surface area is 220 Å². The first-order valence-electron chi connectivity index (χ1n) is 15.4. The summed E-state index contributed by atoms with van der Waals surface area (Å²) < 4.78 is 11.6. The Balaban J connectivity index is 3.79. The molecule has 2 unspecified atom stereocenters. The van der Waals surface area contributed by atoms with Crippen LogP contribution in [0.5, 0.6) is 0 Å². The fraction of sp³-hybridized carbons (Fsp3) is 0.906. The van der Waals surface area contributed by atoms with Gasteiger partial charge in [-0.1, -0.05) is 135 Å². The van der Waals surface area contributed by atoms with Crippen molar-refractivity contribution in [2.24, 2.45) is 0 Å². The van der Waals surface area contributed by atoms with Crippen molar-refractivity contribution in [3.8, 4) is 0 Å². The third-order valence-electron chi connectivity index (χ3n) is 7.52. The number of carbonyl (C=O) groups excluding carboxylic acids is 1. The Hall–Kier alpha value is -0.670. The number of allylic oxidation sites excluding steroid dienone is 2. The lowest BCUT2D eigenvalue weighted by molar-refractivity contribution is -0.104. The minimum Gasteiger partial charge on any atom is -0.379 e. The van der Waals surface area contributed by atoms with Crippen molar-refractivity contribution < 1.29 is 14.3 Å². The molecule has 0 radical (unpaired) electrons. The van der Waals surface area contributed by atoms with Crippen molar-refractivity contribution in [2.75, 3.05) is 14.2 Å². The molecule has 0 fully saturated rings. The Morgan fingerprint density at radius 1 is 0.543 bits per heavy atom. The number of aldehydes is 1. The molecule has 3 heteroatoms. The van der Waals surface area contributed by atoms with Crippen LogP contribution in [0.15, 0.2) is 11.6 Å². The van der Waals surface area contributed by atoms with E-state index in [4.69, 9.17) is 9.47 Å². The van der Waals surface area contributed by atoms with Crippen LogP contribution >= 0.6 is 0 Å². The van der Waals surface area contributed by atoms with Gasteiger partial charge >= 0.3 is 0 Å². The highest BCUT2D eigenvalue weighted by Gasteiger charge is 2.20. The average molecular weight is 495 g/mol. The molecule has 0 aliphatic heterocycles. The largest absolute Gasteiger partial charge is 0.379 e. The number of rotatable bonds is 28. The minimum absolute atomic E-state index is 0.109. The predicted molar refractivity (Wildman–Crippen MR) is 153 cm³/mol. The maximum atomic E-state index is 11.0. The van der Waals surface area contributed by atoms with Crippen molar-refractivity contribution in [1.29, 1.82) is 0 Å². The summed E-state index contributed by atoms with van der Waals surface area (Å²) in [7, 11) is 3.61. The van der Waals surface area contributed by atoms with Gasteiger partial charge in [0.15, 0.2) is 0 Å². The smallest absolute Gasteiger partial charge is 0.142 e. The summed E-state index contributed by atoms with van der Waals surface area (Å²) in [4.78, 5) is 11.0. The van der Waals surface area contributed by atoms with Gasteiger partial charge in [0.1, 0.15) is 6.29 Å². The van der Waals surface area contributed by atoms with Crippen molar-refractivity contribution in [3.05, 3.63) is 11.6 Å². The van der Waals surface area contributed by atoms with E-state index in [9.17, 15) is 4.79 Å². The zero-order valence-corrected chi connectivity index (χ0v) is 24.3. The van der Waals surface area contributed by atoms with Crippen LogP contribution in [0.1, 0.15) is 162 Å². The third kappa shape index (κ3) is 22.3. The molecule has 35 heavy (non-hydrogen) atoms. The highest BCUT2D eigenvalue weighted by atomic mass is 16.5. The lowest BCUT2D eigenvalue weighted by Gasteiger charge is -2.25. The Kier molecular flexibility index (Phi) is 27.4. The number of carbonyl (C=O) groups is 1. The molecule has 2 atom stereocenters. The molecule has 0 saturated carbocycles. The summed E-state index contributed by atoms with van der Waals surface area (Å²) in [5.41, 5.74) is 1.26. The van der Waals surface area contributed by atoms with Crippen molar-refractivity contribution in [1.82, 2.24) is 0 Å². The van der Waals surface area contributed by atoms with E-state index in [0.29, 0.717) is 0 Å². The topological polar surface area (TPSA) is 35.5 Å². The maximum absolute atomic E-state index is 11.0. The van der Waals surface area contributed by atoms with E-state index in [0.717, 1.165) is 32.0 Å². The van der Waals surface area contributed by atoms with Crippen LogP contribution in [0.3, 0.4) is 0 Å². The van der Waals surface area contributed by atoms with Gasteiger partial charge in [-0.15, -0.1) is 0 Å². The van der Waals surface area contributed by atoms with E-state index in [1.165, 1.54) is 128 Å². The number of methoxy groups -OCH3 is 2. The fourth-order valence-corrected chi connectivity index (χ4v) is 5.12. The van der Waals surface area contributed by atoms with Gasteiger partial charge in [-0.2, -0.15) is 0 Å². The molecule has 3 nitrogen and oxygen atoms in total. The second-order valence-corrected chi connectivity index (χ2v) is 10.6. The summed E-state index contributed by atoms with van der Waals surface area (Å²) in [6.07, 6.45) is 32.9. The molecule has 0 aliphatic rings. The molecule has 0 bridgehead atoms. The first-order chi connectivity index (χ1) is 17.2. The average Bonchev–Trinajstić information content (AvgIpc) is 2.87. The molecule has 0 heterocycles. The normalized spacial score (nSPS) is 13.8. The monoisotopic (exact) mass is 494 g/mol. The van der Waals surface area contributed by atoms with Crippen LogP contribution in [0.25, 0.3) is 0 Å². The second-order valence-electron chi connectivity index (χ2n) is 10.6. The zero-order chi connectivity index (χ0) is 25.8. The van der Waals surface area contributed by atoms with Gasteiger partial charge in [-0.05, 0) is 38.2 Å². The molecule has 208 valence electrons. The Morgan fingerprint density at radius 2 is 0.943 bits per heavy atom. The van der Waals surface area contributed by atoms with Gasteiger partial charge < -0.3 is 9.47 Å². The van der Waals surface area contributed by atoms with Crippen LogP contribution in [0.4, 0.5) is 0 Å². The van der Waals surface area contributed by atoms with E-state index in [2.05, 4.69) is 13.8 Å². The van der Waals surface area contributed by atoms with Crippen LogP contribution in [-0.4, -0.2) is 32.7 Å². The molecule has 0 aromatic rings. The summed E-state index contributed by atoms with van der Waals surface area (Å²) in [6, 6.07) is 0. The van der Waals surface area contributed by atoms with Gasteiger partial charge in [0.2, 0.25) is 0 Å². The quantitative estimate of drug-likeness (QED) is 0.0616. The molecular weight excluding hydrogens is 432 g/mol. The van der Waals surface area contributed by atoms with Gasteiger partial charge in [0.05, 0.1) is 12.2 Å². The van der Waals surface area contributed by atoms with Crippen LogP contribution < -0.4 is 0 Å². The van der Waals surface area contributed by atoms with Crippen LogP contribution in [0, 0.1) is 0 Å². The Bertz CT molecular complexity index is 460. The van der Waals surface area contributed by atoms with E-state index < -0.39 is 0 Å². The van der Waals surface area contributed by atoms with E-state index in [-0.39, 0.29) is 12.2 Å². The second kappa shape index (κ2) is 27.9. The SMILES string of the molecule is CCCCCCCCCCCCCCCCCCC(OC)C(CC/C(=C/C=O)CCCCC)OC. The molecule has 0 spiro atoms. The molecule has 0 N–H and O–H groups in total. The van der Waals surface area contributed by atoms with Gasteiger partial charge in [-0.3, -0.25) is 4.79 Å². The highest BCUT2D eigenvalue weighted by molar-refractivity contribution is 5.66. The van der Waals surface area contributed by atoms with E-state index in [1.807, 2.05) is 7.11 Å². The zero-order valence-electron chi connectivity index (χ0n) is 24.3. The summed E-state index contributed by atoms with van der Waals surface area (Å²) in [5.74, 6) is 0.